The lowest BCUT2D eigenvalue weighted by atomic mass is 10.1. The van der Waals surface area contributed by atoms with Crippen LogP contribution in [-0.4, -0.2) is 23.6 Å². The van der Waals surface area contributed by atoms with E-state index in [-0.39, 0.29) is 11.6 Å². The van der Waals surface area contributed by atoms with Crippen LogP contribution in [0, 0.1) is 0 Å². The van der Waals surface area contributed by atoms with Gasteiger partial charge in [0.25, 0.3) is 0 Å². The minimum atomic E-state index is -0.295. The molecule has 0 atom stereocenters. The average molecular weight is 221 g/mol. The minimum absolute atomic E-state index is 0.215. The number of ether oxygens (including phenoxy) is 1. The first-order chi connectivity index (χ1) is 7.41. The number of hydrogen-bond acceptors (Lipinski definition) is 2. The molecule has 3 heteroatoms. The smallest absolute Gasteiger partial charge is 0.410 e. The van der Waals surface area contributed by atoms with Crippen molar-refractivity contribution in [1.29, 1.82) is 0 Å². The van der Waals surface area contributed by atoms with Crippen molar-refractivity contribution in [3.63, 3.8) is 0 Å². The van der Waals surface area contributed by atoms with E-state index >= 15 is 0 Å². The van der Waals surface area contributed by atoms with E-state index in [9.17, 15) is 4.79 Å². The van der Waals surface area contributed by atoms with Crippen LogP contribution in [-0.2, 0) is 11.3 Å². The Balaban J connectivity index is 2.48. The van der Waals surface area contributed by atoms with Gasteiger partial charge in [0.1, 0.15) is 6.61 Å². The molecule has 0 saturated heterocycles. The predicted octanol–water partition coefficient (Wildman–Crippen LogP) is 3.05. The molecule has 0 saturated carbocycles. The molecule has 0 N–H and O–H groups in total. The highest BCUT2D eigenvalue weighted by Crippen LogP contribution is 2.12. The molecule has 0 aliphatic carbocycles. The zero-order valence-corrected chi connectivity index (χ0v) is 10.4. The highest BCUT2D eigenvalue weighted by Gasteiger charge is 2.23. The van der Waals surface area contributed by atoms with Crippen LogP contribution >= 0.6 is 0 Å². The van der Waals surface area contributed by atoms with Crippen molar-refractivity contribution in [2.45, 2.75) is 32.9 Å². The number of carbonyl (C=O) groups is 1. The van der Waals surface area contributed by atoms with Crippen molar-refractivity contribution in [3.8, 4) is 0 Å². The Morgan fingerprint density at radius 2 is 1.81 bits per heavy atom. The zero-order valence-electron chi connectivity index (χ0n) is 10.4. The summed E-state index contributed by atoms with van der Waals surface area (Å²) in [5, 5.41) is 0. The molecule has 16 heavy (non-hydrogen) atoms. The molecule has 1 rings (SSSR count). The topological polar surface area (TPSA) is 29.5 Å². The molecule has 88 valence electrons. The third kappa shape index (κ3) is 3.57. The van der Waals surface area contributed by atoms with Gasteiger partial charge in [-0.1, -0.05) is 30.3 Å². The van der Waals surface area contributed by atoms with Crippen molar-refractivity contribution in [2.24, 2.45) is 0 Å². The van der Waals surface area contributed by atoms with Crippen LogP contribution < -0.4 is 0 Å². The minimum Gasteiger partial charge on any atom is -0.445 e. The fourth-order valence-corrected chi connectivity index (χ4v) is 1.09. The largest absolute Gasteiger partial charge is 0.445 e. The first kappa shape index (κ1) is 12.6. The van der Waals surface area contributed by atoms with Crippen LogP contribution in [0.2, 0.25) is 0 Å². The van der Waals surface area contributed by atoms with Gasteiger partial charge in [-0.25, -0.2) is 4.79 Å². The van der Waals surface area contributed by atoms with Crippen LogP contribution in [0.15, 0.2) is 30.3 Å². The first-order valence-electron chi connectivity index (χ1n) is 5.36. The molecule has 1 aromatic carbocycles. The Kier molecular flexibility index (Phi) is 3.93. The lowest BCUT2D eigenvalue weighted by Gasteiger charge is -2.30. The van der Waals surface area contributed by atoms with Gasteiger partial charge < -0.3 is 9.64 Å². The van der Waals surface area contributed by atoms with Crippen molar-refractivity contribution in [2.75, 3.05) is 7.05 Å². The summed E-state index contributed by atoms with van der Waals surface area (Å²) < 4.78 is 5.20. The monoisotopic (exact) mass is 221 g/mol. The third-order valence-electron chi connectivity index (χ3n) is 2.49. The second-order valence-electron chi connectivity index (χ2n) is 4.77. The van der Waals surface area contributed by atoms with Crippen molar-refractivity contribution >= 4 is 6.09 Å². The Morgan fingerprint density at radius 1 is 1.25 bits per heavy atom. The lowest BCUT2D eigenvalue weighted by Crippen LogP contribution is -2.42. The van der Waals surface area contributed by atoms with Gasteiger partial charge in [-0.2, -0.15) is 0 Å². The third-order valence-corrected chi connectivity index (χ3v) is 2.49. The summed E-state index contributed by atoms with van der Waals surface area (Å²) in [6.45, 7) is 6.23. The van der Waals surface area contributed by atoms with E-state index in [0.717, 1.165) is 5.56 Å². The zero-order chi connectivity index (χ0) is 12.2. The van der Waals surface area contributed by atoms with Gasteiger partial charge in [-0.3, -0.25) is 0 Å². The molecule has 1 aromatic rings. The summed E-state index contributed by atoms with van der Waals surface area (Å²) in [5.41, 5.74) is 0.784. The molecule has 0 bridgehead atoms. The molecule has 0 aliphatic rings. The lowest BCUT2D eigenvalue weighted by molar-refractivity contribution is 0.0759. The summed E-state index contributed by atoms with van der Waals surface area (Å²) in [5.74, 6) is 0. The van der Waals surface area contributed by atoms with E-state index in [1.165, 1.54) is 0 Å². The molecule has 0 unspecified atom stereocenters. The van der Waals surface area contributed by atoms with Gasteiger partial charge in [-0.15, -0.1) is 0 Å². The summed E-state index contributed by atoms with van der Waals surface area (Å²) in [4.78, 5) is 13.3. The number of nitrogens with zero attached hydrogens (tertiary/aromatic N) is 1. The predicted molar refractivity (Wildman–Crippen MR) is 64.1 cm³/mol. The molecule has 1 amide bonds. The van der Waals surface area contributed by atoms with E-state index in [2.05, 4.69) is 0 Å². The molecular weight excluding hydrogens is 202 g/mol. The van der Waals surface area contributed by atoms with E-state index in [4.69, 9.17) is 4.74 Å². The average Bonchev–Trinajstić information content (AvgIpc) is 2.25. The van der Waals surface area contributed by atoms with Crippen LogP contribution in [0.4, 0.5) is 4.79 Å². The molecule has 0 radical (unpaired) electrons. The van der Waals surface area contributed by atoms with Crippen molar-refractivity contribution in [3.05, 3.63) is 35.9 Å². The number of amides is 1. The SMILES string of the molecule is CN(C(=O)OCc1ccccc1)C(C)(C)C. The maximum absolute atomic E-state index is 11.7. The second-order valence-corrected chi connectivity index (χ2v) is 4.77. The Morgan fingerprint density at radius 3 is 2.31 bits per heavy atom. The summed E-state index contributed by atoms with van der Waals surface area (Å²) in [6.07, 6.45) is -0.295. The van der Waals surface area contributed by atoms with Crippen LogP contribution in [0.1, 0.15) is 26.3 Å². The van der Waals surface area contributed by atoms with Crippen molar-refractivity contribution in [1.82, 2.24) is 4.90 Å². The molecular formula is C13H19NO2. The highest BCUT2D eigenvalue weighted by atomic mass is 16.6. The van der Waals surface area contributed by atoms with Gasteiger partial charge in [0.15, 0.2) is 0 Å². The Bertz CT molecular complexity index is 341. The molecule has 0 aromatic heterocycles. The number of rotatable bonds is 2. The normalized spacial score (nSPS) is 11.0. The van der Waals surface area contributed by atoms with Crippen LogP contribution in [0.5, 0.6) is 0 Å². The van der Waals surface area contributed by atoms with Gasteiger partial charge in [-0.05, 0) is 26.3 Å². The fourth-order valence-electron chi connectivity index (χ4n) is 1.09. The van der Waals surface area contributed by atoms with Crippen LogP contribution in [0.3, 0.4) is 0 Å². The summed E-state index contributed by atoms with van der Waals surface area (Å²) in [7, 11) is 1.74. The second kappa shape index (κ2) is 5.01. The molecule has 0 fully saturated rings. The molecule has 3 nitrogen and oxygen atoms in total. The number of carbonyl (C=O) groups excluding carboxylic acids is 1. The van der Waals surface area contributed by atoms with E-state index in [1.54, 1.807) is 11.9 Å². The first-order valence-corrected chi connectivity index (χ1v) is 5.36. The van der Waals surface area contributed by atoms with Crippen molar-refractivity contribution < 1.29 is 9.53 Å². The number of benzene rings is 1. The number of hydrogen-bond donors (Lipinski definition) is 0. The summed E-state index contributed by atoms with van der Waals surface area (Å²) >= 11 is 0. The molecule has 0 heterocycles. The fraction of sp³-hybridized carbons (Fsp3) is 0.462. The van der Waals surface area contributed by atoms with Gasteiger partial charge >= 0.3 is 6.09 Å². The van der Waals surface area contributed by atoms with E-state index < -0.39 is 0 Å². The molecule has 0 spiro atoms. The maximum Gasteiger partial charge on any atom is 0.410 e. The maximum atomic E-state index is 11.7. The van der Waals surface area contributed by atoms with E-state index in [0.29, 0.717) is 6.61 Å². The highest BCUT2D eigenvalue weighted by molar-refractivity contribution is 5.68. The van der Waals surface area contributed by atoms with E-state index in [1.807, 2.05) is 51.1 Å². The van der Waals surface area contributed by atoms with Gasteiger partial charge in [0.2, 0.25) is 0 Å². The molecule has 0 aliphatic heterocycles. The van der Waals surface area contributed by atoms with Gasteiger partial charge in [0, 0.05) is 12.6 Å². The standard InChI is InChI=1S/C13H19NO2/c1-13(2,3)14(4)12(15)16-10-11-8-6-5-7-9-11/h5-9H,10H2,1-4H3. The van der Waals surface area contributed by atoms with Gasteiger partial charge in [0.05, 0.1) is 0 Å². The quantitative estimate of drug-likeness (QED) is 0.768. The Labute approximate surface area is 97.0 Å². The summed E-state index contributed by atoms with van der Waals surface area (Å²) in [6, 6.07) is 9.66. The Hall–Kier alpha value is -1.51. The van der Waals surface area contributed by atoms with Crippen LogP contribution in [0.25, 0.3) is 0 Å².